The van der Waals surface area contributed by atoms with Crippen LogP contribution in [0.25, 0.3) is 16.8 Å². The Kier molecular flexibility index (Phi) is 2.61. The Bertz CT molecular complexity index is 700. The normalized spacial score (nSPS) is 11.7. The second kappa shape index (κ2) is 4.01. The minimum Gasteiger partial charge on any atom is -0.330 e. The van der Waals surface area contributed by atoms with Gasteiger partial charge < -0.3 is 10.7 Å². The number of aromatic nitrogens is 3. The number of nitrogens with two attached hydrogens (primary N) is 1. The number of benzene rings is 1. The Morgan fingerprint density at radius 2 is 2.29 bits per heavy atom. The second-order valence-corrected chi connectivity index (χ2v) is 4.97. The number of aromatic amines is 1. The summed E-state index contributed by atoms with van der Waals surface area (Å²) in [5.41, 5.74) is 8.41. The molecule has 0 radical (unpaired) electrons. The maximum atomic E-state index is 6.11. The first-order valence-corrected chi connectivity index (χ1v) is 6.42. The molecule has 4 nitrogen and oxygen atoms in total. The summed E-state index contributed by atoms with van der Waals surface area (Å²) >= 11 is 9.68. The van der Waals surface area contributed by atoms with E-state index < -0.39 is 0 Å². The molecule has 0 aliphatic rings. The molecule has 0 bridgehead atoms. The number of fused-ring (bicyclic) bond motifs is 3. The van der Waals surface area contributed by atoms with E-state index >= 15 is 0 Å². The third kappa shape index (κ3) is 1.57. The van der Waals surface area contributed by atoms with Crippen molar-refractivity contribution >= 4 is 44.3 Å². The molecule has 0 fully saturated rings. The van der Waals surface area contributed by atoms with Gasteiger partial charge in [-0.2, -0.15) is 0 Å². The molecule has 0 aliphatic heterocycles. The van der Waals surface area contributed by atoms with E-state index in [9.17, 15) is 0 Å². The fraction of sp³-hybridized carbons (Fsp3) is 0.182. The lowest BCUT2D eigenvalue weighted by Gasteiger charge is -1.97. The van der Waals surface area contributed by atoms with Crippen molar-refractivity contribution in [3.63, 3.8) is 0 Å². The molecule has 17 heavy (non-hydrogen) atoms. The first kappa shape index (κ1) is 11.1. The topological polar surface area (TPSA) is 59.1 Å². The zero-order valence-corrected chi connectivity index (χ0v) is 11.2. The number of rotatable bonds is 2. The van der Waals surface area contributed by atoms with Crippen molar-refractivity contribution in [3.05, 3.63) is 33.5 Å². The van der Waals surface area contributed by atoms with Gasteiger partial charge in [0.25, 0.3) is 0 Å². The molecule has 2 heterocycles. The van der Waals surface area contributed by atoms with E-state index in [1.165, 1.54) is 0 Å². The first-order valence-electron chi connectivity index (χ1n) is 5.25. The number of H-pyrrole nitrogens is 1. The lowest BCUT2D eigenvalue weighted by atomic mass is 10.3. The highest BCUT2D eigenvalue weighted by Crippen LogP contribution is 2.28. The summed E-state index contributed by atoms with van der Waals surface area (Å²) in [4.78, 5) is 7.73. The fourth-order valence-corrected chi connectivity index (χ4v) is 2.85. The standard InChI is InChI=1S/C11H10BrClN4/c12-10-7(4-5-14)15-11-16-9-6(13)2-1-3-8(9)17(10)11/h1-3H,4-5,14H2,(H,15,16). The van der Waals surface area contributed by atoms with Gasteiger partial charge in [-0.3, -0.25) is 4.40 Å². The SMILES string of the molecule is NCCc1[nH]c2nc3c(Cl)cccc3n2c1Br. The largest absolute Gasteiger partial charge is 0.330 e. The third-order valence-corrected chi connectivity index (χ3v) is 3.88. The lowest BCUT2D eigenvalue weighted by Crippen LogP contribution is -2.03. The zero-order chi connectivity index (χ0) is 12.0. The van der Waals surface area contributed by atoms with Gasteiger partial charge in [0.2, 0.25) is 5.78 Å². The minimum atomic E-state index is 0.598. The van der Waals surface area contributed by atoms with E-state index in [2.05, 4.69) is 25.9 Å². The number of halogens is 2. The predicted molar refractivity (Wildman–Crippen MR) is 72.5 cm³/mol. The van der Waals surface area contributed by atoms with Gasteiger partial charge >= 0.3 is 0 Å². The number of para-hydroxylation sites is 1. The molecule has 0 aliphatic carbocycles. The summed E-state index contributed by atoms with van der Waals surface area (Å²) in [5.74, 6) is 0.781. The van der Waals surface area contributed by atoms with E-state index in [0.29, 0.717) is 11.6 Å². The van der Waals surface area contributed by atoms with Gasteiger partial charge in [-0.05, 0) is 34.6 Å². The van der Waals surface area contributed by atoms with Gasteiger partial charge in [0, 0.05) is 6.42 Å². The summed E-state index contributed by atoms with van der Waals surface area (Å²) in [5, 5.41) is 0.659. The molecular weight excluding hydrogens is 304 g/mol. The van der Waals surface area contributed by atoms with Crippen molar-refractivity contribution in [3.8, 4) is 0 Å². The van der Waals surface area contributed by atoms with Gasteiger partial charge in [-0.1, -0.05) is 17.7 Å². The van der Waals surface area contributed by atoms with Crippen LogP contribution in [0.2, 0.25) is 5.02 Å². The smallest absolute Gasteiger partial charge is 0.213 e. The summed E-state index contributed by atoms with van der Waals surface area (Å²) in [6.45, 7) is 0.598. The molecule has 0 spiro atoms. The van der Waals surface area contributed by atoms with Crippen LogP contribution in [-0.4, -0.2) is 20.9 Å². The van der Waals surface area contributed by atoms with E-state index in [0.717, 1.165) is 33.5 Å². The van der Waals surface area contributed by atoms with Crippen molar-refractivity contribution in [2.24, 2.45) is 5.73 Å². The number of hydrogen-bond acceptors (Lipinski definition) is 2. The molecule has 3 rings (SSSR count). The van der Waals surface area contributed by atoms with Crippen LogP contribution >= 0.6 is 27.5 Å². The highest BCUT2D eigenvalue weighted by atomic mass is 79.9. The van der Waals surface area contributed by atoms with Crippen molar-refractivity contribution < 1.29 is 0 Å². The molecule has 6 heteroatoms. The predicted octanol–water partition coefficient (Wildman–Crippen LogP) is 2.73. The van der Waals surface area contributed by atoms with Gasteiger partial charge in [-0.25, -0.2) is 4.98 Å². The van der Waals surface area contributed by atoms with E-state index in [1.807, 2.05) is 22.6 Å². The first-order chi connectivity index (χ1) is 8.22. The van der Waals surface area contributed by atoms with Gasteiger partial charge in [0.15, 0.2) is 0 Å². The molecule has 0 unspecified atom stereocenters. The molecular formula is C11H10BrClN4. The van der Waals surface area contributed by atoms with Crippen molar-refractivity contribution in [2.75, 3.05) is 6.54 Å². The molecule has 0 saturated carbocycles. The van der Waals surface area contributed by atoms with Crippen LogP contribution in [0.3, 0.4) is 0 Å². The Morgan fingerprint density at radius 3 is 3.06 bits per heavy atom. The van der Waals surface area contributed by atoms with Crippen molar-refractivity contribution in [2.45, 2.75) is 6.42 Å². The zero-order valence-electron chi connectivity index (χ0n) is 8.87. The minimum absolute atomic E-state index is 0.598. The quantitative estimate of drug-likeness (QED) is 0.764. The summed E-state index contributed by atoms with van der Waals surface area (Å²) in [7, 11) is 0. The molecule has 2 aromatic heterocycles. The average Bonchev–Trinajstić information content (AvgIpc) is 2.80. The monoisotopic (exact) mass is 312 g/mol. The summed E-state index contributed by atoms with van der Waals surface area (Å²) < 4.78 is 2.97. The Labute approximate surface area is 111 Å². The van der Waals surface area contributed by atoms with Crippen LogP contribution in [0.1, 0.15) is 5.69 Å². The Hall–Kier alpha value is -1.04. The van der Waals surface area contributed by atoms with Crippen molar-refractivity contribution in [1.82, 2.24) is 14.4 Å². The summed E-state index contributed by atoms with van der Waals surface area (Å²) in [6.07, 6.45) is 0.784. The van der Waals surface area contributed by atoms with Gasteiger partial charge in [0.1, 0.15) is 10.1 Å². The fourth-order valence-electron chi connectivity index (χ4n) is 1.98. The van der Waals surface area contributed by atoms with Crippen LogP contribution in [-0.2, 0) is 6.42 Å². The number of nitrogens with zero attached hydrogens (tertiary/aromatic N) is 2. The van der Waals surface area contributed by atoms with Crippen LogP contribution in [0.5, 0.6) is 0 Å². The number of imidazole rings is 2. The number of hydrogen-bond donors (Lipinski definition) is 2. The molecule has 0 atom stereocenters. The third-order valence-electron chi connectivity index (χ3n) is 2.74. The van der Waals surface area contributed by atoms with E-state index in [-0.39, 0.29) is 0 Å². The highest BCUT2D eigenvalue weighted by molar-refractivity contribution is 9.10. The molecule has 0 amide bonds. The van der Waals surface area contributed by atoms with E-state index in [1.54, 1.807) is 0 Å². The van der Waals surface area contributed by atoms with E-state index in [4.69, 9.17) is 17.3 Å². The maximum Gasteiger partial charge on any atom is 0.213 e. The van der Waals surface area contributed by atoms with Crippen molar-refractivity contribution in [1.29, 1.82) is 0 Å². The average molecular weight is 314 g/mol. The van der Waals surface area contributed by atoms with Gasteiger partial charge in [0.05, 0.1) is 16.2 Å². The van der Waals surface area contributed by atoms with Crippen LogP contribution in [0.15, 0.2) is 22.8 Å². The van der Waals surface area contributed by atoms with Crippen LogP contribution in [0, 0.1) is 0 Å². The van der Waals surface area contributed by atoms with Crippen LogP contribution in [0.4, 0.5) is 0 Å². The highest BCUT2D eigenvalue weighted by Gasteiger charge is 2.14. The molecule has 3 aromatic rings. The Morgan fingerprint density at radius 1 is 1.47 bits per heavy atom. The summed E-state index contributed by atoms with van der Waals surface area (Å²) in [6, 6.07) is 5.75. The molecule has 3 N–H and O–H groups in total. The van der Waals surface area contributed by atoms with Gasteiger partial charge in [-0.15, -0.1) is 0 Å². The lowest BCUT2D eigenvalue weighted by molar-refractivity contribution is 0.928. The molecule has 1 aromatic carbocycles. The maximum absolute atomic E-state index is 6.11. The molecule has 88 valence electrons. The van der Waals surface area contributed by atoms with Crippen LogP contribution < -0.4 is 5.73 Å². The second-order valence-electron chi connectivity index (χ2n) is 3.81. The number of nitrogens with one attached hydrogen (secondary N) is 1. The Balaban J connectivity index is 2.38. The molecule has 0 saturated heterocycles.